The third-order valence-corrected chi connectivity index (χ3v) is 4.51. The van der Waals surface area contributed by atoms with Crippen LogP contribution in [0, 0.1) is 12.8 Å². The van der Waals surface area contributed by atoms with Crippen LogP contribution in [0.1, 0.15) is 41.9 Å². The van der Waals surface area contributed by atoms with Crippen LogP contribution in [0.3, 0.4) is 0 Å². The second kappa shape index (κ2) is 9.59. The lowest BCUT2D eigenvalue weighted by Gasteiger charge is -2.21. The van der Waals surface area contributed by atoms with Gasteiger partial charge >= 0.3 is 0 Å². The number of rotatable bonds is 7. The highest BCUT2D eigenvalue weighted by Crippen LogP contribution is 2.13. The first-order valence-electron chi connectivity index (χ1n) is 8.47. The molecule has 1 unspecified atom stereocenters. The minimum atomic E-state index is 0. The van der Waals surface area contributed by atoms with Gasteiger partial charge in [0.05, 0.1) is 18.3 Å². The Hall–Kier alpha value is -1.85. The van der Waals surface area contributed by atoms with E-state index in [1.165, 1.54) is 5.56 Å². The van der Waals surface area contributed by atoms with Crippen LogP contribution in [0.5, 0.6) is 0 Å². The Morgan fingerprint density at radius 2 is 1.92 bits per heavy atom. The number of nitrogens with two attached hydrogens (primary N) is 1. The third kappa shape index (κ3) is 5.58. The van der Waals surface area contributed by atoms with Crippen LogP contribution in [0.15, 0.2) is 36.5 Å². The lowest BCUT2D eigenvalue weighted by molar-refractivity contribution is 0.0788. The summed E-state index contributed by atoms with van der Waals surface area (Å²) in [5.41, 5.74) is 8.79. The molecule has 1 amide bonds. The first-order valence-corrected chi connectivity index (χ1v) is 8.47. The number of amides is 1. The summed E-state index contributed by atoms with van der Waals surface area (Å²) in [6, 6.07) is 10.2. The van der Waals surface area contributed by atoms with E-state index in [1.54, 1.807) is 11.1 Å². The molecule has 2 rings (SSSR count). The molecular formula is C19H29ClN4O. The summed E-state index contributed by atoms with van der Waals surface area (Å²) in [6.07, 6.45) is 2.47. The van der Waals surface area contributed by atoms with Gasteiger partial charge in [-0.25, -0.2) is 0 Å². The van der Waals surface area contributed by atoms with E-state index in [4.69, 9.17) is 5.73 Å². The van der Waals surface area contributed by atoms with E-state index in [9.17, 15) is 4.79 Å². The predicted octanol–water partition coefficient (Wildman–Crippen LogP) is 3.11. The number of aromatic nitrogens is 2. The number of benzene rings is 1. The first-order chi connectivity index (χ1) is 11.4. The third-order valence-electron chi connectivity index (χ3n) is 4.51. The van der Waals surface area contributed by atoms with Crippen molar-refractivity contribution in [2.45, 2.75) is 39.8 Å². The van der Waals surface area contributed by atoms with Gasteiger partial charge in [-0.05, 0) is 24.8 Å². The van der Waals surface area contributed by atoms with Crippen molar-refractivity contribution in [3.8, 4) is 0 Å². The minimum Gasteiger partial charge on any atom is -0.342 e. The summed E-state index contributed by atoms with van der Waals surface area (Å²) in [6.45, 7) is 7.47. The fourth-order valence-electron chi connectivity index (χ4n) is 2.56. The van der Waals surface area contributed by atoms with Gasteiger partial charge in [0.1, 0.15) is 0 Å². The van der Waals surface area contributed by atoms with Gasteiger partial charge in [-0.3, -0.25) is 9.48 Å². The number of carbonyl (C=O) groups is 1. The van der Waals surface area contributed by atoms with Gasteiger partial charge in [-0.15, -0.1) is 12.4 Å². The van der Waals surface area contributed by atoms with Crippen molar-refractivity contribution >= 4 is 18.3 Å². The Kier molecular flexibility index (Phi) is 8.13. The second-order valence-electron chi connectivity index (χ2n) is 6.71. The van der Waals surface area contributed by atoms with E-state index < -0.39 is 0 Å². The van der Waals surface area contributed by atoms with Gasteiger partial charge in [0.2, 0.25) is 0 Å². The fraction of sp³-hybridized carbons (Fsp3) is 0.474. The summed E-state index contributed by atoms with van der Waals surface area (Å²) in [4.78, 5) is 14.4. The zero-order valence-corrected chi connectivity index (χ0v) is 16.3. The Labute approximate surface area is 156 Å². The summed E-state index contributed by atoms with van der Waals surface area (Å²) in [5.74, 6) is 0.423. The van der Waals surface area contributed by atoms with Crippen molar-refractivity contribution in [1.82, 2.24) is 14.7 Å². The summed E-state index contributed by atoms with van der Waals surface area (Å²) >= 11 is 0. The molecule has 5 nitrogen and oxygen atoms in total. The highest BCUT2D eigenvalue weighted by Gasteiger charge is 2.19. The van der Waals surface area contributed by atoms with Crippen molar-refractivity contribution in [3.05, 3.63) is 53.3 Å². The lowest BCUT2D eigenvalue weighted by Crippen LogP contribution is -2.34. The van der Waals surface area contributed by atoms with Crippen LogP contribution >= 0.6 is 12.4 Å². The zero-order chi connectivity index (χ0) is 17.7. The van der Waals surface area contributed by atoms with Gasteiger partial charge in [0.15, 0.2) is 0 Å². The van der Waals surface area contributed by atoms with Crippen LogP contribution in [0.2, 0.25) is 0 Å². The fourth-order valence-corrected chi connectivity index (χ4v) is 2.56. The molecule has 0 aliphatic heterocycles. The van der Waals surface area contributed by atoms with Crippen LogP contribution < -0.4 is 5.73 Å². The van der Waals surface area contributed by atoms with Crippen molar-refractivity contribution in [2.24, 2.45) is 11.7 Å². The molecule has 0 radical (unpaired) electrons. The molecule has 0 saturated heterocycles. The number of halogens is 1. The van der Waals surface area contributed by atoms with Crippen LogP contribution in [-0.2, 0) is 6.54 Å². The second-order valence-corrected chi connectivity index (χ2v) is 6.71. The van der Waals surface area contributed by atoms with E-state index >= 15 is 0 Å². The molecule has 25 heavy (non-hydrogen) atoms. The Morgan fingerprint density at radius 3 is 2.52 bits per heavy atom. The Bertz CT molecular complexity index is 669. The molecular weight excluding hydrogens is 336 g/mol. The molecule has 2 N–H and O–H groups in total. The quantitative estimate of drug-likeness (QED) is 0.821. The molecule has 2 aromatic rings. The normalized spacial score (nSPS) is 11.9. The molecule has 1 atom stereocenters. The smallest absolute Gasteiger partial charge is 0.257 e. The highest BCUT2D eigenvalue weighted by molar-refractivity contribution is 5.94. The molecule has 0 bridgehead atoms. The van der Waals surface area contributed by atoms with E-state index in [0.29, 0.717) is 24.6 Å². The molecule has 0 aliphatic rings. The zero-order valence-electron chi connectivity index (χ0n) is 15.5. The molecule has 1 heterocycles. The maximum atomic E-state index is 12.6. The van der Waals surface area contributed by atoms with Gasteiger partial charge in [-0.1, -0.05) is 44.2 Å². The number of nitrogens with zero attached hydrogens (tertiary/aromatic N) is 3. The predicted molar refractivity (Wildman–Crippen MR) is 104 cm³/mol. The van der Waals surface area contributed by atoms with Gasteiger partial charge in [0.25, 0.3) is 5.91 Å². The summed E-state index contributed by atoms with van der Waals surface area (Å²) in [7, 11) is 1.82. The van der Waals surface area contributed by atoms with Gasteiger partial charge in [-0.2, -0.15) is 5.10 Å². The topological polar surface area (TPSA) is 64.2 Å². The SMILES string of the molecule is Cc1c(C(=O)N(C)CCC(N)C(C)C)cnn1Cc1ccccc1.Cl. The number of carbonyl (C=O) groups excluding carboxylic acids is 1. The first kappa shape index (κ1) is 21.2. The van der Waals surface area contributed by atoms with Crippen LogP contribution in [0.4, 0.5) is 0 Å². The van der Waals surface area contributed by atoms with E-state index in [-0.39, 0.29) is 24.4 Å². The van der Waals surface area contributed by atoms with Gasteiger partial charge in [0, 0.05) is 25.3 Å². The lowest BCUT2D eigenvalue weighted by atomic mass is 10.0. The molecule has 6 heteroatoms. The molecule has 0 saturated carbocycles. The molecule has 1 aromatic heterocycles. The monoisotopic (exact) mass is 364 g/mol. The number of hydrogen-bond donors (Lipinski definition) is 1. The van der Waals surface area contributed by atoms with Crippen molar-refractivity contribution < 1.29 is 4.79 Å². The maximum Gasteiger partial charge on any atom is 0.257 e. The van der Waals surface area contributed by atoms with Gasteiger partial charge < -0.3 is 10.6 Å². The number of hydrogen-bond acceptors (Lipinski definition) is 3. The largest absolute Gasteiger partial charge is 0.342 e. The van der Waals surface area contributed by atoms with E-state index in [1.807, 2.05) is 36.9 Å². The Balaban J connectivity index is 0.00000312. The standard InChI is InChI=1S/C19H28N4O.ClH/c1-14(2)18(20)10-11-22(4)19(24)17-12-21-23(15(17)3)13-16-8-6-5-7-9-16;/h5-9,12,14,18H,10-11,13,20H2,1-4H3;1H. The molecule has 138 valence electrons. The van der Waals surface area contributed by atoms with Crippen LogP contribution in [-0.4, -0.2) is 40.2 Å². The average molecular weight is 365 g/mol. The molecule has 0 spiro atoms. The highest BCUT2D eigenvalue weighted by atomic mass is 35.5. The Morgan fingerprint density at radius 1 is 1.28 bits per heavy atom. The van der Waals surface area contributed by atoms with Crippen LogP contribution in [0.25, 0.3) is 0 Å². The molecule has 1 aromatic carbocycles. The van der Waals surface area contributed by atoms with E-state index in [2.05, 4.69) is 31.1 Å². The molecule has 0 fully saturated rings. The van der Waals surface area contributed by atoms with Crippen molar-refractivity contribution in [1.29, 1.82) is 0 Å². The minimum absolute atomic E-state index is 0. The van der Waals surface area contributed by atoms with E-state index in [0.717, 1.165) is 12.1 Å². The summed E-state index contributed by atoms with van der Waals surface area (Å²) < 4.78 is 1.87. The molecule has 0 aliphatic carbocycles. The maximum absolute atomic E-state index is 12.6. The van der Waals surface area contributed by atoms with Crippen molar-refractivity contribution in [3.63, 3.8) is 0 Å². The van der Waals surface area contributed by atoms with Crippen molar-refractivity contribution in [2.75, 3.05) is 13.6 Å². The summed E-state index contributed by atoms with van der Waals surface area (Å²) in [5, 5.41) is 4.38. The average Bonchev–Trinajstić information content (AvgIpc) is 2.93.